The predicted molar refractivity (Wildman–Crippen MR) is 92.4 cm³/mol. The molecule has 2 aliphatic rings. The van der Waals surface area contributed by atoms with Crippen molar-refractivity contribution < 1.29 is 17.9 Å². The highest BCUT2D eigenvalue weighted by molar-refractivity contribution is 7.91. The van der Waals surface area contributed by atoms with Gasteiger partial charge in [0.25, 0.3) is 10.0 Å². The van der Waals surface area contributed by atoms with Gasteiger partial charge in [-0.1, -0.05) is 6.07 Å². The van der Waals surface area contributed by atoms with Gasteiger partial charge in [0.1, 0.15) is 4.21 Å². The molecular weight excluding hydrogens is 346 g/mol. The van der Waals surface area contributed by atoms with Crippen LogP contribution >= 0.6 is 11.3 Å². The van der Waals surface area contributed by atoms with Gasteiger partial charge in [-0.3, -0.25) is 0 Å². The second-order valence-electron chi connectivity index (χ2n) is 6.02. The van der Waals surface area contributed by atoms with Crippen LogP contribution in [-0.2, 0) is 16.4 Å². The molecule has 3 heterocycles. The van der Waals surface area contributed by atoms with E-state index in [1.165, 1.54) is 11.3 Å². The van der Waals surface area contributed by atoms with Crippen molar-refractivity contribution in [3.05, 3.63) is 40.8 Å². The minimum absolute atomic E-state index is 0.224. The lowest BCUT2D eigenvalue weighted by atomic mass is 9.94. The Labute approximate surface area is 145 Å². The summed E-state index contributed by atoms with van der Waals surface area (Å²) in [4.78, 5) is 0. The Bertz CT molecular complexity index is 846. The maximum Gasteiger partial charge on any atom is 0.253 e. The van der Waals surface area contributed by atoms with E-state index in [0.717, 1.165) is 23.3 Å². The monoisotopic (exact) mass is 365 g/mol. The lowest BCUT2D eigenvalue weighted by Crippen LogP contribution is -2.38. The summed E-state index contributed by atoms with van der Waals surface area (Å²) in [5.41, 5.74) is 2.15. The molecule has 0 unspecified atom stereocenters. The van der Waals surface area contributed by atoms with Gasteiger partial charge in [0.2, 0.25) is 0 Å². The molecule has 0 fully saturated rings. The SMILES string of the molecule is C[C@@H]1c2cc3c(cc2CCN1S(=O)(=O)c1cccs1)OCCCO3. The van der Waals surface area contributed by atoms with Crippen LogP contribution in [0, 0.1) is 0 Å². The molecule has 0 bridgehead atoms. The Hall–Kier alpha value is -1.57. The van der Waals surface area contributed by atoms with Crippen LogP contribution in [0.4, 0.5) is 0 Å². The Morgan fingerprint density at radius 3 is 2.67 bits per heavy atom. The van der Waals surface area contributed by atoms with E-state index < -0.39 is 10.0 Å². The lowest BCUT2D eigenvalue weighted by molar-refractivity contribution is 0.296. The van der Waals surface area contributed by atoms with Gasteiger partial charge >= 0.3 is 0 Å². The molecule has 5 nitrogen and oxygen atoms in total. The minimum Gasteiger partial charge on any atom is -0.490 e. The van der Waals surface area contributed by atoms with Gasteiger partial charge in [0.05, 0.1) is 13.2 Å². The fourth-order valence-electron chi connectivity index (χ4n) is 3.31. The summed E-state index contributed by atoms with van der Waals surface area (Å²) < 4.78 is 39.3. The lowest BCUT2D eigenvalue weighted by Gasteiger charge is -2.34. The number of thiophene rings is 1. The first-order chi connectivity index (χ1) is 11.6. The van der Waals surface area contributed by atoms with Crippen molar-refractivity contribution in [1.29, 1.82) is 0 Å². The molecule has 1 aromatic heterocycles. The number of nitrogens with zero attached hydrogens (tertiary/aromatic N) is 1. The number of fused-ring (bicyclic) bond motifs is 2. The van der Waals surface area contributed by atoms with E-state index in [1.807, 2.05) is 19.1 Å². The third-order valence-corrected chi connectivity index (χ3v) is 7.89. The molecule has 1 aromatic carbocycles. The minimum atomic E-state index is -3.46. The van der Waals surface area contributed by atoms with Crippen molar-refractivity contribution in [2.75, 3.05) is 19.8 Å². The molecule has 0 amide bonds. The van der Waals surface area contributed by atoms with Crippen molar-refractivity contribution in [2.24, 2.45) is 0 Å². The van der Waals surface area contributed by atoms with Crippen LogP contribution in [-0.4, -0.2) is 32.5 Å². The average molecular weight is 365 g/mol. The summed E-state index contributed by atoms with van der Waals surface area (Å²) in [6.45, 7) is 3.69. The third-order valence-electron chi connectivity index (χ3n) is 4.55. The van der Waals surface area contributed by atoms with Gasteiger partial charge in [-0.25, -0.2) is 8.42 Å². The molecule has 0 saturated carbocycles. The highest BCUT2D eigenvalue weighted by atomic mass is 32.2. The van der Waals surface area contributed by atoms with Crippen LogP contribution < -0.4 is 9.47 Å². The summed E-state index contributed by atoms with van der Waals surface area (Å²) >= 11 is 1.26. The zero-order chi connectivity index (χ0) is 16.7. The molecule has 0 aliphatic carbocycles. The Balaban J connectivity index is 1.72. The highest BCUT2D eigenvalue weighted by Gasteiger charge is 2.35. The van der Waals surface area contributed by atoms with Gasteiger partial charge < -0.3 is 9.47 Å². The van der Waals surface area contributed by atoms with Crippen LogP contribution in [0.25, 0.3) is 0 Å². The van der Waals surface area contributed by atoms with Crippen LogP contribution in [0.2, 0.25) is 0 Å². The summed E-state index contributed by atoms with van der Waals surface area (Å²) in [7, 11) is -3.46. The second-order valence-corrected chi connectivity index (χ2v) is 9.09. The largest absolute Gasteiger partial charge is 0.490 e. The molecule has 7 heteroatoms. The maximum absolute atomic E-state index is 12.9. The average Bonchev–Trinajstić information content (AvgIpc) is 3.01. The normalized spacial score (nSPS) is 21.1. The summed E-state index contributed by atoms with van der Waals surface area (Å²) in [6.07, 6.45) is 1.54. The van der Waals surface area contributed by atoms with Crippen molar-refractivity contribution in [1.82, 2.24) is 4.31 Å². The maximum atomic E-state index is 12.9. The molecule has 0 saturated heterocycles. The number of hydrogen-bond acceptors (Lipinski definition) is 5. The zero-order valence-corrected chi connectivity index (χ0v) is 15.0. The first-order valence-electron chi connectivity index (χ1n) is 8.05. The number of hydrogen-bond donors (Lipinski definition) is 0. The Kier molecular flexibility index (Phi) is 4.02. The fourth-order valence-corrected chi connectivity index (χ4v) is 6.04. The number of ether oxygens (including phenoxy) is 2. The van der Waals surface area contributed by atoms with Crippen LogP contribution in [0.3, 0.4) is 0 Å². The fraction of sp³-hybridized carbons (Fsp3) is 0.412. The molecule has 0 spiro atoms. The Morgan fingerprint density at radius 2 is 1.96 bits per heavy atom. The van der Waals surface area contributed by atoms with Crippen molar-refractivity contribution >= 4 is 21.4 Å². The van der Waals surface area contributed by atoms with Crippen LogP contribution in [0.15, 0.2) is 33.9 Å². The van der Waals surface area contributed by atoms with Gasteiger partial charge in [-0.05, 0) is 48.1 Å². The number of benzene rings is 1. The van der Waals surface area contributed by atoms with E-state index in [4.69, 9.17) is 9.47 Å². The van der Waals surface area contributed by atoms with Gasteiger partial charge in [0, 0.05) is 19.0 Å². The van der Waals surface area contributed by atoms with Gasteiger partial charge in [0.15, 0.2) is 11.5 Å². The highest BCUT2D eigenvalue weighted by Crippen LogP contribution is 2.41. The summed E-state index contributed by atoms with van der Waals surface area (Å²) in [5.74, 6) is 1.49. The smallest absolute Gasteiger partial charge is 0.253 e. The van der Waals surface area contributed by atoms with Crippen molar-refractivity contribution in [3.63, 3.8) is 0 Å². The molecule has 128 valence electrons. The summed E-state index contributed by atoms with van der Waals surface area (Å²) in [6, 6.07) is 7.18. The molecule has 4 rings (SSSR count). The van der Waals surface area contributed by atoms with Crippen molar-refractivity contribution in [2.45, 2.75) is 30.0 Å². The molecule has 2 aliphatic heterocycles. The van der Waals surface area contributed by atoms with Gasteiger partial charge in [-0.2, -0.15) is 4.31 Å². The van der Waals surface area contributed by atoms with E-state index in [-0.39, 0.29) is 6.04 Å². The molecule has 0 N–H and O–H groups in total. The topological polar surface area (TPSA) is 55.8 Å². The molecule has 24 heavy (non-hydrogen) atoms. The molecular formula is C17H19NO4S2. The quantitative estimate of drug-likeness (QED) is 0.820. The zero-order valence-electron chi connectivity index (χ0n) is 13.4. The van der Waals surface area contributed by atoms with E-state index >= 15 is 0 Å². The molecule has 2 aromatic rings. The van der Waals surface area contributed by atoms with Crippen molar-refractivity contribution in [3.8, 4) is 11.5 Å². The number of rotatable bonds is 2. The first-order valence-corrected chi connectivity index (χ1v) is 10.4. The predicted octanol–water partition coefficient (Wildman–Crippen LogP) is 3.22. The van der Waals surface area contributed by atoms with Crippen LogP contribution in [0.1, 0.15) is 30.5 Å². The molecule has 1 atom stereocenters. The van der Waals surface area contributed by atoms with E-state index in [1.54, 1.807) is 21.8 Å². The van der Waals surface area contributed by atoms with Gasteiger partial charge in [-0.15, -0.1) is 11.3 Å². The molecule has 0 radical (unpaired) electrons. The Morgan fingerprint density at radius 1 is 1.21 bits per heavy atom. The third kappa shape index (κ3) is 2.60. The van der Waals surface area contributed by atoms with Crippen LogP contribution in [0.5, 0.6) is 11.5 Å². The van der Waals surface area contributed by atoms with E-state index in [9.17, 15) is 8.42 Å². The second kappa shape index (κ2) is 6.06. The standard InChI is InChI=1S/C17H19NO4S2/c1-12-14-11-16-15(21-7-3-8-22-16)10-13(14)5-6-18(12)24(19,20)17-4-2-9-23-17/h2,4,9-12H,3,5-8H2,1H3/t12-/m1/s1. The van der Waals surface area contributed by atoms with E-state index in [2.05, 4.69) is 0 Å². The number of sulfonamides is 1. The first kappa shape index (κ1) is 15.9. The summed E-state index contributed by atoms with van der Waals surface area (Å²) in [5, 5.41) is 1.79. The van der Waals surface area contributed by atoms with E-state index in [0.29, 0.717) is 36.1 Å².